The second kappa shape index (κ2) is 8.16. The van der Waals surface area contributed by atoms with Crippen molar-refractivity contribution in [3.8, 4) is 0 Å². The number of carbonyl (C=O) groups is 2. The molecule has 1 atom stereocenters. The summed E-state index contributed by atoms with van der Waals surface area (Å²) in [4.78, 5) is 26.8. The van der Waals surface area contributed by atoms with Crippen LogP contribution in [-0.4, -0.2) is 58.0 Å². The number of benzene rings is 1. The smallest absolute Gasteiger partial charge is 0.338 e. The number of carboxylic acid groups (broad SMARTS) is 1. The van der Waals surface area contributed by atoms with Crippen LogP contribution in [0.15, 0.2) is 36.7 Å². The lowest BCUT2D eigenvalue weighted by molar-refractivity contribution is -0.143. The van der Waals surface area contributed by atoms with Crippen molar-refractivity contribution in [2.75, 3.05) is 26.3 Å². The number of ether oxygens (including phenoxy) is 1. The SMILES string of the molecule is O=C(O)c1cnn(C2CCCN(C(=O)C3(c4cccc(Cl)c4)CCOCC3)C2)c1. The molecule has 29 heavy (non-hydrogen) atoms. The Labute approximate surface area is 174 Å². The molecule has 0 aliphatic carbocycles. The summed E-state index contributed by atoms with van der Waals surface area (Å²) in [6, 6.07) is 7.54. The predicted molar refractivity (Wildman–Crippen MR) is 107 cm³/mol. The average molecular weight is 418 g/mol. The normalized spacial score (nSPS) is 21.7. The summed E-state index contributed by atoms with van der Waals surface area (Å²) in [6.45, 7) is 2.28. The number of likely N-dealkylation sites (tertiary alicyclic amines) is 1. The van der Waals surface area contributed by atoms with Crippen LogP contribution in [0.1, 0.15) is 47.6 Å². The zero-order valence-corrected chi connectivity index (χ0v) is 16.8. The Hall–Kier alpha value is -2.38. The number of hydrogen-bond donors (Lipinski definition) is 1. The van der Waals surface area contributed by atoms with E-state index in [1.807, 2.05) is 29.2 Å². The van der Waals surface area contributed by atoms with E-state index >= 15 is 0 Å². The number of nitrogens with zero attached hydrogens (tertiary/aromatic N) is 3. The average Bonchev–Trinajstić information content (AvgIpc) is 3.25. The van der Waals surface area contributed by atoms with Crippen molar-refractivity contribution in [3.05, 3.63) is 52.8 Å². The van der Waals surface area contributed by atoms with E-state index in [2.05, 4.69) is 5.10 Å². The van der Waals surface area contributed by atoms with Crippen molar-refractivity contribution < 1.29 is 19.4 Å². The number of amides is 1. The van der Waals surface area contributed by atoms with Gasteiger partial charge in [-0.25, -0.2) is 4.79 Å². The first-order valence-corrected chi connectivity index (χ1v) is 10.3. The molecule has 0 bridgehead atoms. The van der Waals surface area contributed by atoms with Gasteiger partial charge in [0.05, 0.1) is 23.2 Å². The first-order valence-electron chi connectivity index (χ1n) is 9.90. The van der Waals surface area contributed by atoms with Gasteiger partial charge >= 0.3 is 5.97 Å². The molecule has 0 spiro atoms. The highest BCUT2D eigenvalue weighted by atomic mass is 35.5. The molecule has 1 unspecified atom stereocenters. The van der Waals surface area contributed by atoms with Crippen LogP contribution in [0.4, 0.5) is 0 Å². The van der Waals surface area contributed by atoms with Crippen LogP contribution in [0.2, 0.25) is 5.02 Å². The maximum atomic E-state index is 13.8. The molecule has 2 fully saturated rings. The number of aromatic carboxylic acids is 1. The molecule has 3 heterocycles. The number of carboxylic acids is 1. The molecule has 4 rings (SSSR count). The number of hydrogen-bond acceptors (Lipinski definition) is 4. The minimum Gasteiger partial charge on any atom is -0.478 e. The van der Waals surface area contributed by atoms with Crippen LogP contribution in [0.25, 0.3) is 0 Å². The maximum Gasteiger partial charge on any atom is 0.338 e. The summed E-state index contributed by atoms with van der Waals surface area (Å²) >= 11 is 6.23. The van der Waals surface area contributed by atoms with Gasteiger partial charge in [0.1, 0.15) is 0 Å². The highest BCUT2D eigenvalue weighted by molar-refractivity contribution is 6.30. The molecule has 2 aliphatic rings. The number of aromatic nitrogens is 2. The number of halogens is 1. The summed E-state index contributed by atoms with van der Waals surface area (Å²) in [5.41, 5.74) is 0.461. The Kier molecular flexibility index (Phi) is 5.61. The Morgan fingerprint density at radius 3 is 2.76 bits per heavy atom. The molecule has 8 heteroatoms. The van der Waals surface area contributed by atoms with Gasteiger partial charge in [0.2, 0.25) is 5.91 Å². The fourth-order valence-electron chi connectivity index (χ4n) is 4.44. The first kappa shape index (κ1) is 19.9. The van der Waals surface area contributed by atoms with Crippen molar-refractivity contribution in [1.82, 2.24) is 14.7 Å². The van der Waals surface area contributed by atoms with E-state index in [0.29, 0.717) is 44.2 Å². The molecule has 1 N–H and O–H groups in total. The van der Waals surface area contributed by atoms with E-state index in [4.69, 9.17) is 21.4 Å². The minimum atomic E-state index is -0.998. The third-order valence-electron chi connectivity index (χ3n) is 6.04. The molecule has 1 aromatic heterocycles. The molecule has 154 valence electrons. The minimum absolute atomic E-state index is 0.0305. The van der Waals surface area contributed by atoms with Gasteiger partial charge in [-0.05, 0) is 43.4 Å². The Morgan fingerprint density at radius 1 is 1.28 bits per heavy atom. The van der Waals surface area contributed by atoms with Crippen molar-refractivity contribution >= 4 is 23.5 Å². The monoisotopic (exact) mass is 417 g/mol. The Balaban J connectivity index is 1.59. The van der Waals surface area contributed by atoms with E-state index in [1.165, 1.54) is 6.20 Å². The molecule has 2 aromatic rings. The van der Waals surface area contributed by atoms with Crippen LogP contribution in [0.3, 0.4) is 0 Å². The second-order valence-corrected chi connectivity index (χ2v) is 8.20. The van der Waals surface area contributed by atoms with Crippen LogP contribution >= 0.6 is 11.6 Å². The van der Waals surface area contributed by atoms with Gasteiger partial charge in [0.25, 0.3) is 0 Å². The summed E-state index contributed by atoms with van der Waals surface area (Å²) < 4.78 is 7.24. The standard InChI is InChI=1S/C21H24ClN3O4/c22-17-4-1-3-16(11-17)21(6-9-29-10-7-21)20(28)24-8-2-5-18(14-24)25-13-15(12-23-25)19(26)27/h1,3-4,11-13,18H,2,5-10,14H2,(H,26,27). The highest BCUT2D eigenvalue weighted by Crippen LogP contribution is 2.39. The van der Waals surface area contributed by atoms with Gasteiger partial charge in [-0.15, -0.1) is 0 Å². The third kappa shape index (κ3) is 3.89. The fraction of sp³-hybridized carbons (Fsp3) is 0.476. The van der Waals surface area contributed by atoms with E-state index < -0.39 is 11.4 Å². The van der Waals surface area contributed by atoms with Crippen LogP contribution in [-0.2, 0) is 14.9 Å². The number of piperidine rings is 1. The fourth-order valence-corrected chi connectivity index (χ4v) is 4.63. The third-order valence-corrected chi connectivity index (χ3v) is 6.27. The van der Waals surface area contributed by atoms with E-state index in [0.717, 1.165) is 18.4 Å². The molecule has 7 nitrogen and oxygen atoms in total. The summed E-state index contributed by atoms with van der Waals surface area (Å²) in [7, 11) is 0. The molecule has 2 aliphatic heterocycles. The second-order valence-electron chi connectivity index (χ2n) is 7.77. The van der Waals surface area contributed by atoms with Gasteiger partial charge in [-0.1, -0.05) is 23.7 Å². The Bertz CT molecular complexity index is 907. The topological polar surface area (TPSA) is 84.7 Å². The molecule has 0 saturated carbocycles. The van der Waals surface area contributed by atoms with Crippen molar-refractivity contribution in [3.63, 3.8) is 0 Å². The number of rotatable bonds is 4. The van der Waals surface area contributed by atoms with E-state index in [9.17, 15) is 9.59 Å². The van der Waals surface area contributed by atoms with Crippen LogP contribution in [0, 0.1) is 0 Å². The molecular formula is C21H24ClN3O4. The zero-order valence-electron chi connectivity index (χ0n) is 16.1. The van der Waals surface area contributed by atoms with E-state index in [1.54, 1.807) is 10.9 Å². The van der Waals surface area contributed by atoms with Crippen LogP contribution in [0.5, 0.6) is 0 Å². The zero-order chi connectivity index (χ0) is 20.4. The lowest BCUT2D eigenvalue weighted by Gasteiger charge is -2.42. The lowest BCUT2D eigenvalue weighted by atomic mass is 9.72. The molecule has 1 aromatic carbocycles. The maximum absolute atomic E-state index is 13.8. The van der Waals surface area contributed by atoms with Gasteiger partial charge in [0, 0.05) is 37.5 Å². The van der Waals surface area contributed by atoms with Gasteiger partial charge in [0.15, 0.2) is 0 Å². The van der Waals surface area contributed by atoms with E-state index in [-0.39, 0.29) is 17.5 Å². The Morgan fingerprint density at radius 2 is 2.07 bits per heavy atom. The highest BCUT2D eigenvalue weighted by Gasteiger charge is 2.45. The predicted octanol–water partition coefficient (Wildman–Crippen LogP) is 3.15. The van der Waals surface area contributed by atoms with Crippen molar-refractivity contribution in [2.45, 2.75) is 37.1 Å². The van der Waals surface area contributed by atoms with Gasteiger partial charge in [-0.3, -0.25) is 9.48 Å². The quantitative estimate of drug-likeness (QED) is 0.826. The van der Waals surface area contributed by atoms with Crippen molar-refractivity contribution in [1.29, 1.82) is 0 Å². The van der Waals surface area contributed by atoms with Gasteiger partial charge < -0.3 is 14.7 Å². The summed E-state index contributed by atoms with van der Waals surface area (Å²) in [6.07, 6.45) is 5.85. The van der Waals surface area contributed by atoms with Crippen molar-refractivity contribution in [2.24, 2.45) is 0 Å². The molecular weight excluding hydrogens is 394 g/mol. The summed E-state index contributed by atoms with van der Waals surface area (Å²) in [5.74, 6) is -0.902. The number of carbonyl (C=O) groups excluding carboxylic acids is 1. The largest absolute Gasteiger partial charge is 0.478 e. The first-order chi connectivity index (χ1) is 14.0. The molecule has 1 amide bonds. The van der Waals surface area contributed by atoms with Crippen LogP contribution < -0.4 is 0 Å². The molecule has 0 radical (unpaired) electrons. The molecule has 2 saturated heterocycles. The summed E-state index contributed by atoms with van der Waals surface area (Å²) in [5, 5.41) is 14.0. The van der Waals surface area contributed by atoms with Gasteiger partial charge in [-0.2, -0.15) is 5.10 Å². The lowest BCUT2D eigenvalue weighted by Crippen LogP contribution is -2.52.